The second-order valence-corrected chi connectivity index (χ2v) is 8.04. The lowest BCUT2D eigenvalue weighted by Gasteiger charge is -2.26. The van der Waals surface area contributed by atoms with Gasteiger partial charge in [-0.25, -0.2) is 4.39 Å². The van der Waals surface area contributed by atoms with Crippen molar-refractivity contribution < 1.29 is 9.13 Å². The summed E-state index contributed by atoms with van der Waals surface area (Å²) >= 11 is 0. The predicted molar refractivity (Wildman–Crippen MR) is 117 cm³/mol. The van der Waals surface area contributed by atoms with Gasteiger partial charge >= 0.3 is 6.01 Å². The summed E-state index contributed by atoms with van der Waals surface area (Å²) in [5.41, 5.74) is 4.84. The molecule has 3 aromatic rings. The lowest BCUT2D eigenvalue weighted by Crippen LogP contribution is -2.28. The maximum Gasteiger partial charge on any atom is 0.318 e. The molecular weight excluding hydrogens is 395 g/mol. The van der Waals surface area contributed by atoms with E-state index in [9.17, 15) is 4.39 Å². The number of nitrogens with zero attached hydrogens (tertiary/aromatic N) is 4. The Morgan fingerprint density at radius 2 is 2.00 bits per heavy atom. The molecule has 0 bridgehead atoms. The van der Waals surface area contributed by atoms with Crippen molar-refractivity contribution in [2.45, 2.75) is 32.0 Å². The fourth-order valence-electron chi connectivity index (χ4n) is 4.38. The van der Waals surface area contributed by atoms with Crippen molar-refractivity contribution in [1.82, 2.24) is 20.3 Å². The van der Waals surface area contributed by atoms with Crippen molar-refractivity contribution in [3.63, 3.8) is 0 Å². The Hall–Kier alpha value is -3.26. The Bertz CT molecular complexity index is 1080. The number of ether oxygens (including phenoxy) is 1. The number of pyridine rings is 1. The summed E-state index contributed by atoms with van der Waals surface area (Å²) in [5, 5.41) is 6.88. The molecule has 1 fully saturated rings. The highest BCUT2D eigenvalue weighted by atomic mass is 19.1. The molecule has 8 heteroatoms. The zero-order valence-electron chi connectivity index (χ0n) is 17.6. The van der Waals surface area contributed by atoms with Crippen LogP contribution < -0.4 is 20.3 Å². The zero-order valence-corrected chi connectivity index (χ0v) is 17.6. The van der Waals surface area contributed by atoms with Crippen LogP contribution in [-0.4, -0.2) is 35.2 Å². The van der Waals surface area contributed by atoms with Gasteiger partial charge in [-0.15, -0.1) is 0 Å². The van der Waals surface area contributed by atoms with E-state index >= 15 is 0 Å². The van der Waals surface area contributed by atoms with Crippen LogP contribution in [0.25, 0.3) is 0 Å². The number of nitrogens with one attached hydrogen (secondary N) is 2. The number of hydrogen-bond acceptors (Lipinski definition) is 7. The molecule has 4 heterocycles. The minimum atomic E-state index is -0.370. The molecule has 5 rings (SSSR count). The number of rotatable bonds is 5. The van der Waals surface area contributed by atoms with Crippen LogP contribution in [0.15, 0.2) is 42.7 Å². The summed E-state index contributed by atoms with van der Waals surface area (Å²) in [7, 11) is 1.55. The van der Waals surface area contributed by atoms with Crippen molar-refractivity contribution in [2.24, 2.45) is 0 Å². The lowest BCUT2D eigenvalue weighted by atomic mass is 9.97. The van der Waals surface area contributed by atoms with Gasteiger partial charge in [0.2, 0.25) is 0 Å². The van der Waals surface area contributed by atoms with Gasteiger partial charge in [0.05, 0.1) is 19.0 Å². The predicted octanol–water partition coefficient (Wildman–Crippen LogP) is 3.54. The minimum Gasteiger partial charge on any atom is -0.467 e. The van der Waals surface area contributed by atoms with E-state index in [1.54, 1.807) is 13.3 Å². The molecule has 0 saturated carbocycles. The highest BCUT2D eigenvalue weighted by Gasteiger charge is 2.34. The van der Waals surface area contributed by atoms with Crippen molar-refractivity contribution >= 4 is 11.5 Å². The standard InChI is InChI=1S/C23H25FN6O/c1-14-20-22(29-23(27-14)31-2)30(21(28-20)18-9-19(24)12-26-11-18)13-15-3-5-16(6-4-15)17-7-8-25-10-17/h3-6,9,11-12,17,21,25,28H,7-8,10,13H2,1-2H3. The van der Waals surface area contributed by atoms with Crippen LogP contribution in [0.2, 0.25) is 0 Å². The highest BCUT2D eigenvalue weighted by molar-refractivity contribution is 5.75. The molecule has 0 spiro atoms. The molecule has 0 radical (unpaired) electrons. The molecule has 2 N–H and O–H groups in total. The molecule has 31 heavy (non-hydrogen) atoms. The summed E-state index contributed by atoms with van der Waals surface area (Å²) in [6.07, 6.45) is 3.75. The van der Waals surface area contributed by atoms with Crippen LogP contribution in [0.4, 0.5) is 15.9 Å². The van der Waals surface area contributed by atoms with E-state index in [1.165, 1.54) is 24.2 Å². The summed E-state index contributed by atoms with van der Waals surface area (Å²) in [4.78, 5) is 15.1. The molecule has 2 atom stereocenters. The molecule has 0 aliphatic carbocycles. The Morgan fingerprint density at radius 1 is 1.16 bits per heavy atom. The largest absolute Gasteiger partial charge is 0.467 e. The molecular formula is C23H25FN6O. The van der Waals surface area contributed by atoms with Gasteiger partial charge in [-0.05, 0) is 43.0 Å². The lowest BCUT2D eigenvalue weighted by molar-refractivity contribution is 0.379. The van der Waals surface area contributed by atoms with E-state index < -0.39 is 0 Å². The van der Waals surface area contributed by atoms with Gasteiger partial charge in [0.1, 0.15) is 17.7 Å². The number of hydrogen-bond donors (Lipinski definition) is 2. The molecule has 0 amide bonds. The van der Waals surface area contributed by atoms with Crippen LogP contribution in [0.5, 0.6) is 6.01 Å². The molecule has 2 aromatic heterocycles. The Morgan fingerprint density at radius 3 is 2.71 bits per heavy atom. The molecule has 2 aliphatic rings. The van der Waals surface area contributed by atoms with E-state index in [1.807, 2.05) is 6.92 Å². The van der Waals surface area contributed by atoms with E-state index in [2.05, 4.69) is 54.8 Å². The quantitative estimate of drug-likeness (QED) is 0.654. The van der Waals surface area contributed by atoms with E-state index in [0.29, 0.717) is 18.5 Å². The fourth-order valence-corrected chi connectivity index (χ4v) is 4.38. The molecule has 1 aromatic carbocycles. The first-order valence-electron chi connectivity index (χ1n) is 10.5. The van der Waals surface area contributed by atoms with Crippen LogP contribution in [0, 0.1) is 12.7 Å². The summed E-state index contributed by atoms with van der Waals surface area (Å²) < 4.78 is 19.2. The van der Waals surface area contributed by atoms with Gasteiger partial charge in [0.25, 0.3) is 0 Å². The number of benzene rings is 1. The van der Waals surface area contributed by atoms with Crippen LogP contribution in [0.3, 0.4) is 0 Å². The van der Waals surface area contributed by atoms with Gasteiger partial charge < -0.3 is 20.3 Å². The molecule has 2 aliphatic heterocycles. The van der Waals surface area contributed by atoms with E-state index in [-0.39, 0.29) is 12.0 Å². The smallest absolute Gasteiger partial charge is 0.318 e. The minimum absolute atomic E-state index is 0.308. The van der Waals surface area contributed by atoms with Gasteiger partial charge in [-0.3, -0.25) is 4.98 Å². The monoisotopic (exact) mass is 420 g/mol. The summed E-state index contributed by atoms with van der Waals surface area (Å²) in [5.74, 6) is 0.946. The van der Waals surface area contributed by atoms with Gasteiger partial charge in [-0.2, -0.15) is 9.97 Å². The first-order chi connectivity index (χ1) is 15.1. The average molecular weight is 420 g/mol. The van der Waals surface area contributed by atoms with Gasteiger partial charge in [0.15, 0.2) is 5.82 Å². The molecule has 2 unspecified atom stereocenters. The average Bonchev–Trinajstić information content (AvgIpc) is 3.43. The normalized spacial score (nSPS) is 19.9. The third-order valence-electron chi connectivity index (χ3n) is 6.00. The number of anilines is 2. The molecule has 7 nitrogen and oxygen atoms in total. The van der Waals surface area contributed by atoms with Gasteiger partial charge in [-0.1, -0.05) is 24.3 Å². The molecule has 1 saturated heterocycles. The zero-order chi connectivity index (χ0) is 21.4. The van der Waals surface area contributed by atoms with Crippen molar-refractivity contribution in [3.05, 3.63) is 70.9 Å². The van der Waals surface area contributed by atoms with Crippen LogP contribution in [-0.2, 0) is 6.54 Å². The number of methoxy groups -OCH3 is 1. The maximum atomic E-state index is 13.9. The first kappa shape index (κ1) is 19.7. The number of fused-ring (bicyclic) bond motifs is 1. The highest BCUT2D eigenvalue weighted by Crippen LogP contribution is 2.43. The van der Waals surface area contributed by atoms with Crippen molar-refractivity contribution in [1.29, 1.82) is 0 Å². The van der Waals surface area contributed by atoms with E-state index in [0.717, 1.165) is 41.4 Å². The molecule has 160 valence electrons. The summed E-state index contributed by atoms with van der Waals surface area (Å²) in [6.45, 7) is 4.62. The second kappa shape index (κ2) is 8.11. The van der Waals surface area contributed by atoms with Crippen molar-refractivity contribution in [2.75, 3.05) is 30.4 Å². The number of halogens is 1. The van der Waals surface area contributed by atoms with Crippen molar-refractivity contribution in [3.8, 4) is 6.01 Å². The Labute approximate surface area is 180 Å². The fraction of sp³-hybridized carbons (Fsp3) is 0.348. The van der Waals surface area contributed by atoms with Crippen LogP contribution >= 0.6 is 0 Å². The second-order valence-electron chi connectivity index (χ2n) is 8.04. The Balaban J connectivity index is 1.49. The number of aryl methyl sites for hydroxylation is 1. The SMILES string of the molecule is COc1nc(C)c2c(n1)N(Cc1ccc(C3CCNC3)cc1)C(c1cncc(F)c1)N2. The number of aromatic nitrogens is 3. The van der Waals surface area contributed by atoms with E-state index in [4.69, 9.17) is 4.74 Å². The topological polar surface area (TPSA) is 75.2 Å². The first-order valence-corrected chi connectivity index (χ1v) is 10.5. The van der Waals surface area contributed by atoms with Gasteiger partial charge in [0, 0.05) is 24.8 Å². The van der Waals surface area contributed by atoms with Crippen LogP contribution in [0.1, 0.15) is 40.9 Å². The summed E-state index contributed by atoms with van der Waals surface area (Å²) in [6, 6.07) is 10.6. The Kier molecular flexibility index (Phi) is 5.15. The third-order valence-corrected chi connectivity index (χ3v) is 6.00. The third kappa shape index (κ3) is 3.79. The maximum absolute atomic E-state index is 13.9.